The van der Waals surface area contributed by atoms with Crippen LogP contribution in [-0.2, 0) is 0 Å². The number of aliphatic imine (C=N–C) groups is 1. The largest absolute Gasteiger partial charge is 0.339 e. The van der Waals surface area contributed by atoms with Gasteiger partial charge in [-0.05, 0) is 32.4 Å². The van der Waals surface area contributed by atoms with Crippen molar-refractivity contribution in [1.29, 1.82) is 0 Å². The topological polar surface area (TPSA) is 24.4 Å². The Morgan fingerprint density at radius 3 is 2.19 bits per heavy atom. The van der Waals surface area contributed by atoms with Crippen molar-refractivity contribution in [2.24, 2.45) is 4.99 Å². The number of rotatable bonds is 2. The molecule has 1 heterocycles. The molecule has 1 aromatic carbocycles. The van der Waals surface area contributed by atoms with E-state index >= 15 is 0 Å². The van der Waals surface area contributed by atoms with E-state index in [1.807, 2.05) is 0 Å². The summed E-state index contributed by atoms with van der Waals surface area (Å²) in [5.41, 5.74) is 5.91. The van der Waals surface area contributed by atoms with Crippen LogP contribution in [0, 0.1) is 6.92 Å². The molecule has 0 atom stereocenters. The molecule has 0 fully saturated rings. The molecule has 2 nitrogen and oxygen atoms in total. The van der Waals surface area contributed by atoms with Crippen molar-refractivity contribution in [3.8, 4) is 0 Å². The fourth-order valence-corrected chi connectivity index (χ4v) is 1.91. The van der Waals surface area contributed by atoms with Crippen LogP contribution in [0.15, 0.2) is 72.4 Å². The third-order valence-corrected chi connectivity index (χ3v) is 2.92. The first kappa shape index (κ1) is 18.6. The highest BCUT2D eigenvalue weighted by molar-refractivity contribution is 6.11. The van der Waals surface area contributed by atoms with Crippen molar-refractivity contribution in [2.75, 3.05) is 0 Å². The molecule has 0 radical (unpaired) electrons. The molecule has 2 rings (SSSR count). The fourth-order valence-electron chi connectivity index (χ4n) is 1.91. The van der Waals surface area contributed by atoms with Crippen molar-refractivity contribution in [2.45, 2.75) is 28.2 Å². The second-order valence-electron chi connectivity index (χ2n) is 4.62. The molecule has 0 spiro atoms. The molecule has 1 aromatic rings. The molecule has 0 aliphatic carbocycles. The quantitative estimate of drug-likeness (QED) is 0.735. The van der Waals surface area contributed by atoms with Gasteiger partial charge in [0.05, 0.1) is 0 Å². The lowest BCUT2D eigenvalue weighted by molar-refractivity contribution is 1.28. The van der Waals surface area contributed by atoms with E-state index < -0.39 is 0 Å². The number of amidine groups is 1. The normalized spacial score (nSPS) is 14.3. The van der Waals surface area contributed by atoms with Crippen molar-refractivity contribution < 1.29 is 0 Å². The highest BCUT2D eigenvalue weighted by Crippen LogP contribution is 2.23. The number of allylic oxidation sites excluding steroid dienone is 1. The van der Waals surface area contributed by atoms with Crippen LogP contribution in [0.4, 0.5) is 0 Å². The molecule has 0 aromatic heterocycles. The minimum atomic E-state index is 0. The minimum absolute atomic E-state index is 0. The molecule has 0 saturated heterocycles. The maximum absolute atomic E-state index is 4.28. The van der Waals surface area contributed by atoms with Crippen molar-refractivity contribution in [3.05, 3.63) is 78.6 Å². The average Bonchev–Trinajstić information content (AvgIpc) is 2.86. The third kappa shape index (κ3) is 4.60. The van der Waals surface area contributed by atoms with Crippen molar-refractivity contribution in [3.63, 3.8) is 0 Å². The number of nitrogens with zero attached hydrogens (tertiary/aromatic N) is 1. The van der Waals surface area contributed by atoms with Gasteiger partial charge in [-0.25, -0.2) is 4.99 Å². The molecule has 0 unspecified atom stereocenters. The molecule has 1 aliphatic rings. The van der Waals surface area contributed by atoms with Gasteiger partial charge < -0.3 is 5.32 Å². The lowest BCUT2D eigenvalue weighted by Crippen LogP contribution is -2.16. The van der Waals surface area contributed by atoms with E-state index in [0.29, 0.717) is 0 Å². The standard InChI is InChI=1S/C16H18N2.C2H4.CH4/c1-5-17-16-14(11(2)3)10-15(18-16)13-8-6-12(4)7-9-13;1-2;/h5-10H,1H2,2-4H3,(H,17,18);1-2H2;1H4. The summed E-state index contributed by atoms with van der Waals surface area (Å²) < 4.78 is 0. The van der Waals surface area contributed by atoms with E-state index in [4.69, 9.17) is 0 Å². The van der Waals surface area contributed by atoms with Gasteiger partial charge in [0.2, 0.25) is 0 Å². The maximum Gasteiger partial charge on any atom is 0.137 e. The monoisotopic (exact) mass is 282 g/mol. The van der Waals surface area contributed by atoms with Gasteiger partial charge in [-0.2, -0.15) is 0 Å². The van der Waals surface area contributed by atoms with Crippen LogP contribution in [0.2, 0.25) is 0 Å². The van der Waals surface area contributed by atoms with Gasteiger partial charge in [-0.3, -0.25) is 0 Å². The maximum atomic E-state index is 4.28. The van der Waals surface area contributed by atoms with Crippen molar-refractivity contribution >= 4 is 11.5 Å². The number of nitrogens with one attached hydrogen (secondary N) is 1. The highest BCUT2D eigenvalue weighted by Gasteiger charge is 2.17. The Morgan fingerprint density at radius 2 is 1.71 bits per heavy atom. The molecule has 112 valence electrons. The first-order valence-electron chi connectivity index (χ1n) is 6.54. The van der Waals surface area contributed by atoms with Crippen LogP contribution in [0.3, 0.4) is 0 Å². The summed E-state index contributed by atoms with van der Waals surface area (Å²) in [6, 6.07) is 8.46. The van der Waals surface area contributed by atoms with Crippen LogP contribution in [0.1, 0.15) is 32.4 Å². The van der Waals surface area contributed by atoms with Gasteiger partial charge in [-0.1, -0.05) is 49.4 Å². The average molecular weight is 282 g/mol. The molecule has 21 heavy (non-hydrogen) atoms. The summed E-state index contributed by atoms with van der Waals surface area (Å²) in [6.07, 6.45) is 3.71. The molecule has 2 heteroatoms. The van der Waals surface area contributed by atoms with E-state index in [9.17, 15) is 0 Å². The van der Waals surface area contributed by atoms with Crippen LogP contribution >= 0.6 is 0 Å². The zero-order chi connectivity index (χ0) is 15.1. The lowest BCUT2D eigenvalue weighted by Gasteiger charge is -2.05. The number of hydrogen-bond acceptors (Lipinski definition) is 1. The van der Waals surface area contributed by atoms with E-state index in [1.165, 1.54) is 16.7 Å². The first-order chi connectivity index (χ1) is 9.61. The summed E-state index contributed by atoms with van der Waals surface area (Å²) in [5.74, 6) is 0.876. The SMILES string of the molecule is C.C=C.C=CN=C1NC(c2ccc(C)cc2)=CC1=C(C)C. The minimum Gasteiger partial charge on any atom is -0.339 e. The lowest BCUT2D eigenvalue weighted by atomic mass is 10.1. The molecular weight excluding hydrogens is 256 g/mol. The van der Waals surface area contributed by atoms with Gasteiger partial charge >= 0.3 is 0 Å². The Morgan fingerprint density at radius 1 is 1.14 bits per heavy atom. The Bertz CT molecular complexity index is 568. The van der Waals surface area contributed by atoms with E-state index in [-0.39, 0.29) is 7.43 Å². The highest BCUT2D eigenvalue weighted by atomic mass is 15.0. The van der Waals surface area contributed by atoms with Gasteiger partial charge in [0.25, 0.3) is 0 Å². The molecule has 0 bridgehead atoms. The number of aryl methyl sites for hydroxylation is 1. The second-order valence-corrected chi connectivity index (χ2v) is 4.62. The zero-order valence-electron chi connectivity index (χ0n) is 12.5. The summed E-state index contributed by atoms with van der Waals surface area (Å²) in [6.45, 7) is 15.9. The van der Waals surface area contributed by atoms with E-state index in [1.54, 1.807) is 6.20 Å². The van der Waals surface area contributed by atoms with Gasteiger partial charge in [0.15, 0.2) is 0 Å². The van der Waals surface area contributed by atoms with Gasteiger partial charge in [0, 0.05) is 17.5 Å². The first-order valence-corrected chi connectivity index (χ1v) is 6.54. The summed E-state index contributed by atoms with van der Waals surface area (Å²) in [7, 11) is 0. The molecular formula is C19H26N2. The Kier molecular flexibility index (Phi) is 7.77. The zero-order valence-corrected chi connectivity index (χ0v) is 12.5. The van der Waals surface area contributed by atoms with E-state index in [0.717, 1.165) is 17.1 Å². The van der Waals surface area contributed by atoms with Crippen LogP contribution in [-0.4, -0.2) is 5.84 Å². The van der Waals surface area contributed by atoms with Crippen LogP contribution < -0.4 is 5.32 Å². The van der Waals surface area contributed by atoms with E-state index in [2.05, 4.69) is 81.2 Å². The fraction of sp³-hybridized carbons (Fsp3) is 0.211. The number of hydrogen-bond donors (Lipinski definition) is 1. The molecule has 0 amide bonds. The Balaban J connectivity index is 0.00000128. The third-order valence-electron chi connectivity index (χ3n) is 2.92. The predicted octanol–water partition coefficient (Wildman–Crippen LogP) is 5.26. The van der Waals surface area contributed by atoms with Crippen molar-refractivity contribution in [1.82, 2.24) is 5.32 Å². The molecule has 1 N–H and O–H groups in total. The summed E-state index contributed by atoms with van der Waals surface area (Å²) in [5, 5.41) is 3.34. The van der Waals surface area contributed by atoms with Crippen LogP contribution in [0.5, 0.6) is 0 Å². The summed E-state index contributed by atoms with van der Waals surface area (Å²) in [4.78, 5) is 4.28. The van der Waals surface area contributed by atoms with Gasteiger partial charge in [-0.15, -0.1) is 13.2 Å². The number of benzene rings is 1. The Labute approximate surface area is 129 Å². The van der Waals surface area contributed by atoms with Crippen LogP contribution in [0.25, 0.3) is 5.70 Å². The summed E-state index contributed by atoms with van der Waals surface area (Å²) >= 11 is 0. The predicted molar refractivity (Wildman–Crippen MR) is 96.3 cm³/mol. The molecule has 1 aliphatic heterocycles. The smallest absolute Gasteiger partial charge is 0.137 e. The molecule has 0 saturated carbocycles. The second kappa shape index (κ2) is 8.75. The Hall–Kier alpha value is -2.35. The van der Waals surface area contributed by atoms with Gasteiger partial charge in [0.1, 0.15) is 5.84 Å².